The van der Waals surface area contributed by atoms with E-state index in [-0.39, 0.29) is 11.6 Å². The number of alkyl halides is 3. The number of pyridine rings is 1. The zero-order valence-corrected chi connectivity index (χ0v) is 12.9. The predicted molar refractivity (Wildman–Crippen MR) is 80.4 cm³/mol. The highest BCUT2D eigenvalue weighted by Gasteiger charge is 2.32. The Kier molecular flexibility index (Phi) is 6.95. The monoisotopic (exact) mass is 365 g/mol. The minimum Gasteiger partial charge on any atom is -0.402 e. The lowest BCUT2D eigenvalue weighted by Crippen LogP contribution is -2.19. The lowest BCUT2D eigenvalue weighted by molar-refractivity contribution is -0.274. The van der Waals surface area contributed by atoms with E-state index in [9.17, 15) is 21.6 Å². The number of rotatable bonds is 4. The van der Waals surface area contributed by atoms with Crippen molar-refractivity contribution in [2.45, 2.75) is 12.1 Å². The summed E-state index contributed by atoms with van der Waals surface area (Å²) in [6.07, 6.45) is -3.45. The van der Waals surface area contributed by atoms with Crippen molar-refractivity contribution in [3.63, 3.8) is 0 Å². The number of halogens is 3. The summed E-state index contributed by atoms with van der Waals surface area (Å²) in [6.45, 7) is 0. The zero-order valence-electron chi connectivity index (χ0n) is 12.1. The lowest BCUT2D eigenvalue weighted by atomic mass is 10.2. The van der Waals surface area contributed by atoms with Crippen LogP contribution in [0, 0.1) is 0 Å². The Balaban J connectivity index is 0.000000243. The van der Waals surface area contributed by atoms with Crippen LogP contribution in [-0.2, 0) is 15.9 Å². The van der Waals surface area contributed by atoms with Crippen molar-refractivity contribution in [1.82, 2.24) is 4.98 Å². The van der Waals surface area contributed by atoms with Crippen LogP contribution in [0.25, 0.3) is 0 Å². The van der Waals surface area contributed by atoms with Crippen LogP contribution in [-0.4, -0.2) is 24.3 Å². The van der Waals surface area contributed by atoms with Gasteiger partial charge in [0.2, 0.25) is 0 Å². The van der Waals surface area contributed by atoms with Crippen LogP contribution < -0.4 is 16.0 Å². The SMILES string of the molecule is NNc1ncccc1OC(F)(F)F.O=S(=O)(O)Cc1ccccc1. The predicted octanol–water partition coefficient (Wildman–Crippen LogP) is 2.34. The topological polar surface area (TPSA) is 115 Å². The molecule has 0 amide bonds. The van der Waals surface area contributed by atoms with Gasteiger partial charge >= 0.3 is 6.36 Å². The van der Waals surface area contributed by atoms with Gasteiger partial charge in [0, 0.05) is 6.20 Å². The minimum atomic E-state index is -4.74. The molecule has 24 heavy (non-hydrogen) atoms. The fourth-order valence-corrected chi connectivity index (χ4v) is 2.10. The molecule has 1 heterocycles. The summed E-state index contributed by atoms with van der Waals surface area (Å²) in [5, 5.41) is 0. The molecule has 0 atom stereocenters. The number of aromatic nitrogens is 1. The van der Waals surface area contributed by atoms with Gasteiger partial charge in [-0.05, 0) is 17.7 Å². The maximum Gasteiger partial charge on any atom is 0.573 e. The van der Waals surface area contributed by atoms with E-state index in [4.69, 9.17) is 10.4 Å². The van der Waals surface area contributed by atoms with Gasteiger partial charge in [0.15, 0.2) is 11.6 Å². The van der Waals surface area contributed by atoms with Crippen LogP contribution >= 0.6 is 0 Å². The maximum absolute atomic E-state index is 11.7. The number of anilines is 1. The summed E-state index contributed by atoms with van der Waals surface area (Å²) in [4.78, 5) is 3.52. The molecule has 132 valence electrons. The molecule has 0 aliphatic rings. The summed E-state index contributed by atoms with van der Waals surface area (Å²) in [5.41, 5.74) is 2.57. The molecule has 0 fully saturated rings. The third-order valence-corrected chi connectivity index (χ3v) is 3.02. The summed E-state index contributed by atoms with van der Waals surface area (Å²) in [6, 6.07) is 10.9. The second kappa shape index (κ2) is 8.47. The molecular formula is C13H14F3N3O4S. The van der Waals surface area contributed by atoms with E-state index in [0.29, 0.717) is 5.56 Å². The first-order valence-corrected chi connectivity index (χ1v) is 7.88. The van der Waals surface area contributed by atoms with Crippen molar-refractivity contribution < 1.29 is 30.9 Å². The third-order valence-electron chi connectivity index (χ3n) is 2.32. The van der Waals surface area contributed by atoms with Crippen molar-refractivity contribution in [1.29, 1.82) is 0 Å². The molecule has 1 aromatic carbocycles. The number of hydrogen-bond donors (Lipinski definition) is 3. The average Bonchev–Trinajstić information content (AvgIpc) is 2.46. The van der Waals surface area contributed by atoms with Crippen molar-refractivity contribution in [3.8, 4) is 5.75 Å². The van der Waals surface area contributed by atoms with Crippen LogP contribution in [0.15, 0.2) is 48.7 Å². The van der Waals surface area contributed by atoms with Crippen LogP contribution in [0.1, 0.15) is 5.56 Å². The second-order valence-corrected chi connectivity index (χ2v) is 5.71. The highest BCUT2D eigenvalue weighted by atomic mass is 32.2. The number of nitrogens with two attached hydrogens (primary N) is 1. The lowest BCUT2D eigenvalue weighted by Gasteiger charge is -2.10. The Hall–Kier alpha value is -2.37. The van der Waals surface area contributed by atoms with Gasteiger partial charge in [-0.25, -0.2) is 10.8 Å². The zero-order chi connectivity index (χ0) is 18.2. The van der Waals surface area contributed by atoms with E-state index >= 15 is 0 Å². The number of benzene rings is 1. The van der Waals surface area contributed by atoms with Crippen LogP contribution in [0.3, 0.4) is 0 Å². The molecule has 4 N–H and O–H groups in total. The standard InChI is InChI=1S/C7H8O3S.C6H6F3N3O/c8-11(9,10)6-7-4-2-1-3-5-7;7-6(8,9)13-4-2-1-3-11-5(4)12-10/h1-5H,6H2,(H,8,9,10);1-3H,10H2,(H,11,12). The Labute approximate surface area is 136 Å². The van der Waals surface area contributed by atoms with Gasteiger partial charge in [0.05, 0.1) is 0 Å². The van der Waals surface area contributed by atoms with Gasteiger partial charge in [0.1, 0.15) is 5.75 Å². The molecule has 0 bridgehead atoms. The molecule has 0 radical (unpaired) electrons. The molecule has 2 rings (SSSR count). The Morgan fingerprint density at radius 3 is 2.29 bits per heavy atom. The molecule has 11 heteroatoms. The number of hydrogen-bond acceptors (Lipinski definition) is 6. The Bertz CT molecular complexity index is 740. The summed E-state index contributed by atoms with van der Waals surface area (Å²) >= 11 is 0. The highest BCUT2D eigenvalue weighted by Crippen LogP contribution is 2.27. The maximum atomic E-state index is 11.7. The summed E-state index contributed by atoms with van der Waals surface area (Å²) < 4.78 is 68.0. The van der Waals surface area contributed by atoms with Crippen molar-refractivity contribution in [3.05, 3.63) is 54.2 Å². The van der Waals surface area contributed by atoms with Gasteiger partial charge in [-0.2, -0.15) is 8.42 Å². The highest BCUT2D eigenvalue weighted by molar-refractivity contribution is 7.85. The number of hydrazine groups is 1. The first kappa shape index (κ1) is 19.7. The second-order valence-electron chi connectivity index (χ2n) is 4.25. The molecule has 0 unspecified atom stereocenters. The molecule has 0 aliphatic heterocycles. The van der Waals surface area contributed by atoms with Gasteiger partial charge in [-0.3, -0.25) is 4.55 Å². The van der Waals surface area contributed by atoms with Gasteiger partial charge < -0.3 is 10.2 Å². The summed E-state index contributed by atoms with van der Waals surface area (Å²) in [7, 11) is -3.88. The van der Waals surface area contributed by atoms with E-state index in [2.05, 4.69) is 9.72 Å². The van der Waals surface area contributed by atoms with E-state index in [1.807, 2.05) is 5.43 Å². The fraction of sp³-hybridized carbons (Fsp3) is 0.154. The molecule has 0 saturated carbocycles. The minimum absolute atomic E-state index is 0.167. The van der Waals surface area contributed by atoms with Crippen molar-refractivity contribution in [2.24, 2.45) is 5.84 Å². The average molecular weight is 365 g/mol. The molecule has 0 saturated heterocycles. The number of ether oxygens (including phenoxy) is 1. The van der Waals surface area contributed by atoms with Crippen molar-refractivity contribution in [2.75, 3.05) is 5.43 Å². The molecule has 0 aliphatic carbocycles. The summed E-state index contributed by atoms with van der Waals surface area (Å²) in [5.74, 6) is 3.97. The van der Waals surface area contributed by atoms with Gasteiger partial charge in [-0.15, -0.1) is 13.2 Å². The first-order chi connectivity index (χ1) is 11.1. The Morgan fingerprint density at radius 2 is 1.79 bits per heavy atom. The number of nitrogens with one attached hydrogen (secondary N) is 1. The van der Waals surface area contributed by atoms with E-state index < -0.39 is 22.2 Å². The number of nitrogen functional groups attached to an aromatic ring is 1. The number of nitrogens with zero attached hydrogens (tertiary/aromatic N) is 1. The van der Waals surface area contributed by atoms with Crippen molar-refractivity contribution >= 4 is 15.9 Å². The smallest absolute Gasteiger partial charge is 0.402 e. The van der Waals surface area contributed by atoms with E-state index in [1.54, 1.807) is 30.3 Å². The molecule has 7 nitrogen and oxygen atoms in total. The Morgan fingerprint density at radius 1 is 1.17 bits per heavy atom. The van der Waals surface area contributed by atoms with Crippen LogP contribution in [0.4, 0.5) is 19.0 Å². The first-order valence-electron chi connectivity index (χ1n) is 6.27. The third kappa shape index (κ3) is 8.31. The quantitative estimate of drug-likeness (QED) is 0.433. The molecular weight excluding hydrogens is 351 g/mol. The molecule has 0 spiro atoms. The molecule has 1 aromatic heterocycles. The van der Waals surface area contributed by atoms with Crippen LogP contribution in [0.2, 0.25) is 0 Å². The van der Waals surface area contributed by atoms with E-state index in [0.717, 1.165) is 6.07 Å². The fourth-order valence-electron chi connectivity index (χ4n) is 1.49. The van der Waals surface area contributed by atoms with Crippen LogP contribution in [0.5, 0.6) is 5.75 Å². The van der Waals surface area contributed by atoms with Gasteiger partial charge in [-0.1, -0.05) is 30.3 Å². The normalized spacial score (nSPS) is 11.2. The largest absolute Gasteiger partial charge is 0.573 e. The molecule has 2 aromatic rings. The van der Waals surface area contributed by atoms with E-state index in [1.165, 1.54) is 12.3 Å². The van der Waals surface area contributed by atoms with Gasteiger partial charge in [0.25, 0.3) is 10.1 Å².